The second kappa shape index (κ2) is 6.18. The van der Waals surface area contributed by atoms with Gasteiger partial charge in [0.25, 0.3) is 0 Å². The monoisotopic (exact) mass is 293 g/mol. The number of carbonyl (C=O) groups is 1. The quantitative estimate of drug-likeness (QED) is 0.723. The van der Waals surface area contributed by atoms with E-state index >= 15 is 0 Å². The van der Waals surface area contributed by atoms with E-state index in [1.54, 1.807) is 6.92 Å². The molecule has 2 rings (SSSR count). The van der Waals surface area contributed by atoms with Crippen LogP contribution >= 0.6 is 0 Å². The molecule has 21 heavy (non-hydrogen) atoms. The fraction of sp³-hybridized carbons (Fsp3) is 0.750. The third-order valence-electron chi connectivity index (χ3n) is 4.61. The van der Waals surface area contributed by atoms with E-state index in [4.69, 9.17) is 0 Å². The molecule has 0 aromatic carbocycles. The van der Waals surface area contributed by atoms with Crippen molar-refractivity contribution >= 4 is 5.97 Å². The SMILES string of the molecule is Cc1nn(CCCCC(C)(NC2CC2)C(=O)O)c(C)c1C. The van der Waals surface area contributed by atoms with Crippen LogP contribution in [0.3, 0.4) is 0 Å². The Kier molecular flexibility index (Phi) is 4.71. The van der Waals surface area contributed by atoms with Gasteiger partial charge in [-0.05, 0) is 65.4 Å². The number of unbranched alkanes of at least 4 members (excludes halogenated alkanes) is 1. The number of aromatic nitrogens is 2. The van der Waals surface area contributed by atoms with Gasteiger partial charge in [0, 0.05) is 18.3 Å². The number of carboxylic acid groups (broad SMARTS) is 1. The van der Waals surface area contributed by atoms with Gasteiger partial charge in [-0.25, -0.2) is 0 Å². The lowest BCUT2D eigenvalue weighted by Gasteiger charge is -2.26. The summed E-state index contributed by atoms with van der Waals surface area (Å²) in [6, 6.07) is 0.407. The largest absolute Gasteiger partial charge is 0.480 e. The van der Waals surface area contributed by atoms with Gasteiger partial charge in [-0.2, -0.15) is 5.10 Å². The predicted molar refractivity (Wildman–Crippen MR) is 82.5 cm³/mol. The molecule has 1 fully saturated rings. The third-order valence-corrected chi connectivity index (χ3v) is 4.61. The summed E-state index contributed by atoms with van der Waals surface area (Å²) in [5.41, 5.74) is 2.76. The molecule has 1 saturated carbocycles. The Hall–Kier alpha value is -1.36. The first-order valence-corrected chi connectivity index (χ1v) is 7.85. The summed E-state index contributed by atoms with van der Waals surface area (Å²) < 4.78 is 2.04. The smallest absolute Gasteiger partial charge is 0.323 e. The zero-order valence-corrected chi connectivity index (χ0v) is 13.6. The lowest BCUT2D eigenvalue weighted by molar-refractivity contribution is -0.144. The fourth-order valence-electron chi connectivity index (χ4n) is 2.66. The van der Waals surface area contributed by atoms with Gasteiger partial charge < -0.3 is 5.11 Å². The van der Waals surface area contributed by atoms with Gasteiger partial charge in [0.05, 0.1) is 5.69 Å². The number of nitrogens with zero attached hydrogens (tertiary/aromatic N) is 2. The van der Waals surface area contributed by atoms with Crippen molar-refractivity contribution in [2.45, 2.75) is 77.9 Å². The molecular formula is C16H27N3O2. The molecule has 0 saturated heterocycles. The summed E-state index contributed by atoms with van der Waals surface area (Å²) in [5, 5.41) is 17.2. The van der Waals surface area contributed by atoms with Crippen molar-refractivity contribution in [1.82, 2.24) is 15.1 Å². The third kappa shape index (κ3) is 3.84. The molecule has 1 heterocycles. The van der Waals surface area contributed by atoms with E-state index in [1.165, 1.54) is 11.3 Å². The van der Waals surface area contributed by atoms with Crippen LogP contribution in [0.4, 0.5) is 0 Å². The Labute approximate surface area is 126 Å². The van der Waals surface area contributed by atoms with Crippen LogP contribution in [0.25, 0.3) is 0 Å². The second-order valence-corrected chi connectivity index (χ2v) is 6.53. The Balaban J connectivity index is 1.82. The second-order valence-electron chi connectivity index (χ2n) is 6.53. The van der Waals surface area contributed by atoms with E-state index in [0.717, 1.165) is 37.9 Å². The van der Waals surface area contributed by atoms with Crippen LogP contribution in [0.2, 0.25) is 0 Å². The van der Waals surface area contributed by atoms with E-state index in [0.29, 0.717) is 12.5 Å². The number of rotatable bonds is 8. The van der Waals surface area contributed by atoms with Gasteiger partial charge in [-0.15, -0.1) is 0 Å². The average molecular weight is 293 g/mol. The lowest BCUT2D eigenvalue weighted by Crippen LogP contribution is -2.50. The molecule has 1 aliphatic rings. The Morgan fingerprint density at radius 1 is 1.38 bits per heavy atom. The molecule has 0 amide bonds. The number of aryl methyl sites for hydroxylation is 2. The molecule has 0 bridgehead atoms. The first-order chi connectivity index (χ1) is 9.83. The van der Waals surface area contributed by atoms with Crippen molar-refractivity contribution in [2.24, 2.45) is 0 Å². The van der Waals surface area contributed by atoms with Crippen LogP contribution in [-0.4, -0.2) is 32.4 Å². The fourth-order valence-corrected chi connectivity index (χ4v) is 2.66. The summed E-state index contributed by atoms with van der Waals surface area (Å²) >= 11 is 0. The number of carboxylic acids is 1. The minimum Gasteiger partial charge on any atom is -0.480 e. The van der Waals surface area contributed by atoms with E-state index in [-0.39, 0.29) is 0 Å². The summed E-state index contributed by atoms with van der Waals surface area (Å²) in [7, 11) is 0. The molecule has 2 N–H and O–H groups in total. The van der Waals surface area contributed by atoms with E-state index in [1.807, 2.05) is 11.6 Å². The summed E-state index contributed by atoms with van der Waals surface area (Å²) in [5.74, 6) is -0.739. The highest BCUT2D eigenvalue weighted by atomic mass is 16.4. The highest BCUT2D eigenvalue weighted by Gasteiger charge is 2.37. The van der Waals surface area contributed by atoms with Crippen LogP contribution in [0.1, 0.15) is 56.0 Å². The zero-order chi connectivity index (χ0) is 15.6. The molecule has 1 aromatic heterocycles. The van der Waals surface area contributed by atoms with Gasteiger partial charge in [-0.3, -0.25) is 14.8 Å². The number of aliphatic carboxylic acids is 1. The first-order valence-electron chi connectivity index (χ1n) is 7.85. The van der Waals surface area contributed by atoms with Gasteiger partial charge in [0.1, 0.15) is 5.54 Å². The molecule has 0 radical (unpaired) electrons. The molecule has 1 unspecified atom stereocenters. The minimum absolute atomic E-state index is 0.407. The predicted octanol–water partition coefficient (Wildman–Crippen LogP) is 2.57. The molecule has 5 nitrogen and oxygen atoms in total. The molecule has 0 spiro atoms. The Bertz CT molecular complexity index is 520. The van der Waals surface area contributed by atoms with Crippen molar-refractivity contribution in [2.75, 3.05) is 0 Å². The van der Waals surface area contributed by atoms with Crippen molar-refractivity contribution in [3.63, 3.8) is 0 Å². The molecule has 1 aromatic rings. The van der Waals surface area contributed by atoms with Crippen molar-refractivity contribution in [1.29, 1.82) is 0 Å². The standard InChI is InChI=1S/C16H27N3O2/c1-11-12(2)18-19(13(11)3)10-6-5-9-16(4,15(20)21)17-14-7-8-14/h14,17H,5-10H2,1-4H3,(H,20,21). The maximum Gasteiger partial charge on any atom is 0.323 e. The average Bonchev–Trinajstić information content (AvgIpc) is 3.19. The molecule has 0 aliphatic heterocycles. The lowest BCUT2D eigenvalue weighted by atomic mass is 9.94. The van der Waals surface area contributed by atoms with Gasteiger partial charge in [-0.1, -0.05) is 0 Å². The van der Waals surface area contributed by atoms with Crippen molar-refractivity contribution in [3.8, 4) is 0 Å². The van der Waals surface area contributed by atoms with Crippen LogP contribution in [0.15, 0.2) is 0 Å². The Morgan fingerprint density at radius 3 is 2.52 bits per heavy atom. The first kappa shape index (κ1) is 16.0. The molecule has 5 heteroatoms. The van der Waals surface area contributed by atoms with E-state index < -0.39 is 11.5 Å². The maximum absolute atomic E-state index is 11.5. The van der Waals surface area contributed by atoms with Crippen molar-refractivity contribution in [3.05, 3.63) is 17.0 Å². The van der Waals surface area contributed by atoms with E-state index in [9.17, 15) is 9.90 Å². The number of nitrogens with one attached hydrogen (secondary N) is 1. The normalized spacial score (nSPS) is 17.7. The topological polar surface area (TPSA) is 67.2 Å². The van der Waals surface area contributed by atoms with Crippen LogP contribution in [0, 0.1) is 20.8 Å². The molecule has 1 atom stereocenters. The van der Waals surface area contributed by atoms with E-state index in [2.05, 4.69) is 24.3 Å². The summed E-state index contributed by atoms with van der Waals surface area (Å²) in [4.78, 5) is 11.5. The molecular weight excluding hydrogens is 266 g/mol. The molecule has 118 valence electrons. The molecule has 1 aliphatic carbocycles. The van der Waals surface area contributed by atoms with Gasteiger partial charge >= 0.3 is 5.97 Å². The van der Waals surface area contributed by atoms with Gasteiger partial charge in [0.15, 0.2) is 0 Å². The summed E-state index contributed by atoms with van der Waals surface area (Å²) in [6.45, 7) is 8.88. The van der Waals surface area contributed by atoms with Crippen LogP contribution in [-0.2, 0) is 11.3 Å². The highest BCUT2D eigenvalue weighted by molar-refractivity contribution is 5.78. The summed E-state index contributed by atoms with van der Waals surface area (Å²) in [6.07, 6.45) is 4.72. The number of hydrogen-bond donors (Lipinski definition) is 2. The minimum atomic E-state index is -0.786. The van der Waals surface area contributed by atoms with Crippen LogP contribution < -0.4 is 5.32 Å². The zero-order valence-electron chi connectivity index (χ0n) is 13.6. The maximum atomic E-state index is 11.5. The number of hydrogen-bond acceptors (Lipinski definition) is 3. The van der Waals surface area contributed by atoms with Gasteiger partial charge in [0.2, 0.25) is 0 Å². The van der Waals surface area contributed by atoms with Crippen LogP contribution in [0.5, 0.6) is 0 Å². The Morgan fingerprint density at radius 2 is 2.05 bits per heavy atom. The highest BCUT2D eigenvalue weighted by Crippen LogP contribution is 2.25. The van der Waals surface area contributed by atoms with Crippen molar-refractivity contribution < 1.29 is 9.90 Å².